The lowest BCUT2D eigenvalue weighted by Crippen LogP contribution is -2.07. The van der Waals surface area contributed by atoms with Gasteiger partial charge in [-0.3, -0.25) is 0 Å². The monoisotopic (exact) mass is 246 g/mol. The SMILES string of the molecule is CCCCNc1nc(N)nc2cccc(OC)c12. The molecule has 2 rings (SSSR count). The summed E-state index contributed by atoms with van der Waals surface area (Å²) >= 11 is 0. The average molecular weight is 246 g/mol. The molecule has 96 valence electrons. The van der Waals surface area contributed by atoms with Gasteiger partial charge in [0.15, 0.2) is 0 Å². The molecule has 0 saturated heterocycles. The summed E-state index contributed by atoms with van der Waals surface area (Å²) in [6, 6.07) is 5.69. The van der Waals surface area contributed by atoms with E-state index in [0.717, 1.165) is 41.9 Å². The number of unbranched alkanes of at least 4 members (excludes halogenated alkanes) is 1. The molecule has 0 aliphatic carbocycles. The Morgan fingerprint density at radius 3 is 2.89 bits per heavy atom. The number of fused-ring (bicyclic) bond motifs is 1. The number of nitrogens with zero attached hydrogens (tertiary/aromatic N) is 2. The Balaban J connectivity index is 2.48. The quantitative estimate of drug-likeness (QED) is 0.793. The van der Waals surface area contributed by atoms with Crippen molar-refractivity contribution in [1.29, 1.82) is 0 Å². The fourth-order valence-electron chi connectivity index (χ4n) is 1.85. The standard InChI is InChI=1S/C13H18N4O/c1-3-4-8-15-12-11-9(16-13(14)17-12)6-5-7-10(11)18-2/h5-7H,3-4,8H2,1-2H3,(H3,14,15,16,17). The van der Waals surface area contributed by atoms with Crippen molar-refractivity contribution in [3.8, 4) is 5.75 Å². The molecule has 0 saturated carbocycles. The van der Waals surface area contributed by atoms with Gasteiger partial charge in [0.2, 0.25) is 5.95 Å². The van der Waals surface area contributed by atoms with Gasteiger partial charge in [0.05, 0.1) is 18.0 Å². The van der Waals surface area contributed by atoms with E-state index in [-0.39, 0.29) is 5.95 Å². The fourth-order valence-corrected chi connectivity index (χ4v) is 1.85. The predicted octanol–water partition coefficient (Wildman–Crippen LogP) is 2.43. The van der Waals surface area contributed by atoms with Gasteiger partial charge in [0, 0.05) is 6.54 Å². The Kier molecular flexibility index (Phi) is 3.82. The molecule has 0 fully saturated rings. The molecule has 5 nitrogen and oxygen atoms in total. The van der Waals surface area contributed by atoms with E-state index in [1.807, 2.05) is 18.2 Å². The first-order chi connectivity index (χ1) is 8.76. The van der Waals surface area contributed by atoms with E-state index in [9.17, 15) is 0 Å². The molecule has 1 aromatic heterocycles. The Hall–Kier alpha value is -2.04. The van der Waals surface area contributed by atoms with Crippen LogP contribution in [0.5, 0.6) is 5.75 Å². The van der Waals surface area contributed by atoms with Gasteiger partial charge in [-0.25, -0.2) is 4.98 Å². The summed E-state index contributed by atoms with van der Waals surface area (Å²) in [5.74, 6) is 1.77. The third-order valence-corrected chi connectivity index (χ3v) is 2.75. The molecule has 0 atom stereocenters. The zero-order valence-electron chi connectivity index (χ0n) is 10.7. The van der Waals surface area contributed by atoms with Crippen molar-refractivity contribution in [2.75, 3.05) is 24.7 Å². The summed E-state index contributed by atoms with van der Waals surface area (Å²) in [4.78, 5) is 8.48. The normalized spacial score (nSPS) is 10.6. The van der Waals surface area contributed by atoms with E-state index in [1.165, 1.54) is 0 Å². The van der Waals surface area contributed by atoms with Gasteiger partial charge < -0.3 is 15.8 Å². The maximum Gasteiger partial charge on any atom is 0.222 e. The van der Waals surface area contributed by atoms with E-state index in [1.54, 1.807) is 7.11 Å². The van der Waals surface area contributed by atoms with Crippen LogP contribution in [0.4, 0.5) is 11.8 Å². The van der Waals surface area contributed by atoms with E-state index in [4.69, 9.17) is 10.5 Å². The van der Waals surface area contributed by atoms with Crippen LogP contribution in [0.25, 0.3) is 10.9 Å². The molecule has 18 heavy (non-hydrogen) atoms. The van der Waals surface area contributed by atoms with Gasteiger partial charge in [-0.1, -0.05) is 19.4 Å². The van der Waals surface area contributed by atoms with Crippen molar-refractivity contribution >= 4 is 22.7 Å². The largest absolute Gasteiger partial charge is 0.496 e. The highest BCUT2D eigenvalue weighted by molar-refractivity contribution is 5.95. The number of nitrogen functional groups attached to an aromatic ring is 1. The zero-order valence-corrected chi connectivity index (χ0v) is 10.7. The molecule has 0 aliphatic rings. The summed E-state index contributed by atoms with van der Waals surface area (Å²) < 4.78 is 5.35. The minimum Gasteiger partial charge on any atom is -0.496 e. The highest BCUT2D eigenvalue weighted by atomic mass is 16.5. The van der Waals surface area contributed by atoms with Crippen LogP contribution in [0.1, 0.15) is 19.8 Å². The molecule has 2 aromatic rings. The number of methoxy groups -OCH3 is 1. The lowest BCUT2D eigenvalue weighted by atomic mass is 10.2. The zero-order chi connectivity index (χ0) is 13.0. The minimum atomic E-state index is 0.273. The molecule has 0 spiro atoms. The molecule has 0 radical (unpaired) electrons. The van der Waals surface area contributed by atoms with E-state index in [2.05, 4.69) is 22.2 Å². The summed E-state index contributed by atoms with van der Waals surface area (Å²) in [6.07, 6.45) is 2.21. The third kappa shape index (κ3) is 2.45. The molecule has 0 unspecified atom stereocenters. The molecule has 1 aromatic carbocycles. The second-order valence-electron chi connectivity index (χ2n) is 4.07. The van der Waals surface area contributed by atoms with E-state index >= 15 is 0 Å². The first-order valence-electron chi connectivity index (χ1n) is 6.10. The number of anilines is 2. The topological polar surface area (TPSA) is 73.1 Å². The summed E-state index contributed by atoms with van der Waals surface area (Å²) in [5, 5.41) is 4.17. The van der Waals surface area contributed by atoms with Gasteiger partial charge in [-0.05, 0) is 18.6 Å². The van der Waals surface area contributed by atoms with Crippen molar-refractivity contribution in [2.24, 2.45) is 0 Å². The highest BCUT2D eigenvalue weighted by Crippen LogP contribution is 2.30. The number of hydrogen-bond acceptors (Lipinski definition) is 5. The van der Waals surface area contributed by atoms with Crippen LogP contribution < -0.4 is 15.8 Å². The number of nitrogens with two attached hydrogens (primary N) is 1. The summed E-state index contributed by atoms with van der Waals surface area (Å²) in [7, 11) is 1.64. The third-order valence-electron chi connectivity index (χ3n) is 2.75. The van der Waals surface area contributed by atoms with Gasteiger partial charge >= 0.3 is 0 Å². The van der Waals surface area contributed by atoms with Crippen molar-refractivity contribution in [2.45, 2.75) is 19.8 Å². The Labute approximate surface area is 106 Å². The number of benzene rings is 1. The Bertz CT molecular complexity index is 542. The molecular formula is C13H18N4O. The van der Waals surface area contributed by atoms with E-state index < -0.39 is 0 Å². The van der Waals surface area contributed by atoms with Gasteiger partial charge in [0.25, 0.3) is 0 Å². The number of hydrogen-bond donors (Lipinski definition) is 2. The average Bonchev–Trinajstić information content (AvgIpc) is 2.37. The summed E-state index contributed by atoms with van der Waals surface area (Å²) in [6.45, 7) is 3.01. The van der Waals surface area contributed by atoms with Gasteiger partial charge in [0.1, 0.15) is 11.6 Å². The molecule has 0 bridgehead atoms. The number of nitrogens with one attached hydrogen (secondary N) is 1. The number of ether oxygens (including phenoxy) is 1. The Morgan fingerprint density at radius 1 is 1.33 bits per heavy atom. The lowest BCUT2D eigenvalue weighted by molar-refractivity contribution is 0.420. The van der Waals surface area contributed by atoms with Crippen LogP contribution in [-0.4, -0.2) is 23.6 Å². The van der Waals surface area contributed by atoms with Crippen LogP contribution in [-0.2, 0) is 0 Å². The highest BCUT2D eigenvalue weighted by Gasteiger charge is 2.10. The van der Waals surface area contributed by atoms with Crippen LogP contribution in [0.2, 0.25) is 0 Å². The molecule has 0 aliphatic heterocycles. The van der Waals surface area contributed by atoms with Crippen molar-refractivity contribution < 1.29 is 4.74 Å². The number of rotatable bonds is 5. The molecule has 1 heterocycles. The van der Waals surface area contributed by atoms with Crippen LogP contribution in [0, 0.1) is 0 Å². The first kappa shape index (κ1) is 12.4. The van der Waals surface area contributed by atoms with Gasteiger partial charge in [-0.2, -0.15) is 4.98 Å². The molecular weight excluding hydrogens is 228 g/mol. The second-order valence-corrected chi connectivity index (χ2v) is 4.07. The maximum absolute atomic E-state index is 5.72. The smallest absolute Gasteiger partial charge is 0.222 e. The number of aromatic nitrogens is 2. The lowest BCUT2D eigenvalue weighted by Gasteiger charge is -2.11. The van der Waals surface area contributed by atoms with Crippen LogP contribution in [0.3, 0.4) is 0 Å². The molecule has 0 amide bonds. The maximum atomic E-state index is 5.72. The van der Waals surface area contributed by atoms with Gasteiger partial charge in [-0.15, -0.1) is 0 Å². The van der Waals surface area contributed by atoms with Crippen molar-refractivity contribution in [1.82, 2.24) is 9.97 Å². The van der Waals surface area contributed by atoms with Crippen LogP contribution in [0.15, 0.2) is 18.2 Å². The first-order valence-corrected chi connectivity index (χ1v) is 6.10. The summed E-state index contributed by atoms with van der Waals surface area (Å²) in [5.41, 5.74) is 6.51. The van der Waals surface area contributed by atoms with Crippen LogP contribution >= 0.6 is 0 Å². The minimum absolute atomic E-state index is 0.273. The molecule has 3 N–H and O–H groups in total. The second kappa shape index (κ2) is 5.53. The van der Waals surface area contributed by atoms with Crippen molar-refractivity contribution in [3.63, 3.8) is 0 Å². The predicted molar refractivity (Wildman–Crippen MR) is 73.9 cm³/mol. The van der Waals surface area contributed by atoms with E-state index in [0.29, 0.717) is 0 Å². The van der Waals surface area contributed by atoms with Crippen molar-refractivity contribution in [3.05, 3.63) is 18.2 Å². The molecule has 5 heteroatoms. The Morgan fingerprint density at radius 2 is 2.17 bits per heavy atom. The fraction of sp³-hybridized carbons (Fsp3) is 0.385.